The fraction of sp³-hybridized carbons (Fsp3) is 0.643. The smallest absolute Gasteiger partial charge is 0.363 e. The van der Waals surface area contributed by atoms with Gasteiger partial charge in [0.1, 0.15) is 5.82 Å². The molecular weight excluding hydrogens is 267 g/mol. The summed E-state index contributed by atoms with van der Waals surface area (Å²) in [7, 11) is 3.81. The summed E-state index contributed by atoms with van der Waals surface area (Å²) in [6.07, 6.45) is -1.48. The average molecular weight is 287 g/mol. The summed E-state index contributed by atoms with van der Waals surface area (Å²) in [5.41, 5.74) is 0.957. The van der Waals surface area contributed by atoms with Gasteiger partial charge in [0.25, 0.3) is 0 Å². The van der Waals surface area contributed by atoms with E-state index in [-0.39, 0.29) is 13.0 Å². The van der Waals surface area contributed by atoms with Crippen LogP contribution in [0.25, 0.3) is 0 Å². The van der Waals surface area contributed by atoms with Crippen molar-refractivity contribution in [3.8, 4) is 0 Å². The van der Waals surface area contributed by atoms with E-state index < -0.39 is 12.1 Å². The second kappa shape index (κ2) is 5.99. The van der Waals surface area contributed by atoms with Crippen LogP contribution in [0.1, 0.15) is 18.4 Å². The minimum absolute atomic E-state index is 0.0962. The van der Waals surface area contributed by atoms with E-state index in [1.807, 2.05) is 36.0 Å². The van der Waals surface area contributed by atoms with E-state index in [0.29, 0.717) is 13.0 Å². The van der Waals surface area contributed by atoms with Crippen LogP contribution in [-0.4, -0.2) is 43.2 Å². The number of alkyl halides is 3. The van der Waals surface area contributed by atoms with E-state index in [4.69, 9.17) is 0 Å². The van der Waals surface area contributed by atoms with E-state index in [0.717, 1.165) is 17.9 Å². The SMILES string of the molecule is CN(C)c1ccc(CN2CCCC(C(F)(F)F)C2)cn1. The van der Waals surface area contributed by atoms with E-state index in [9.17, 15) is 13.2 Å². The molecule has 0 amide bonds. The fourth-order valence-electron chi connectivity index (χ4n) is 2.50. The van der Waals surface area contributed by atoms with Crippen LogP contribution in [-0.2, 0) is 6.54 Å². The molecule has 0 bridgehead atoms. The molecule has 1 atom stereocenters. The number of pyridine rings is 1. The molecule has 0 aromatic carbocycles. The zero-order chi connectivity index (χ0) is 14.8. The van der Waals surface area contributed by atoms with Gasteiger partial charge in [-0.2, -0.15) is 13.2 Å². The zero-order valence-electron chi connectivity index (χ0n) is 11.8. The molecule has 0 saturated carbocycles. The van der Waals surface area contributed by atoms with Crippen LogP contribution in [0.3, 0.4) is 0 Å². The molecule has 0 aliphatic carbocycles. The molecule has 1 saturated heterocycles. The number of aromatic nitrogens is 1. The molecule has 0 N–H and O–H groups in total. The van der Waals surface area contributed by atoms with Crippen LogP contribution >= 0.6 is 0 Å². The van der Waals surface area contributed by atoms with Crippen LogP contribution in [0.4, 0.5) is 19.0 Å². The number of anilines is 1. The van der Waals surface area contributed by atoms with Crippen molar-refractivity contribution in [2.45, 2.75) is 25.6 Å². The van der Waals surface area contributed by atoms with Gasteiger partial charge in [0.05, 0.1) is 5.92 Å². The Kier molecular flexibility index (Phi) is 4.52. The van der Waals surface area contributed by atoms with Gasteiger partial charge in [0, 0.05) is 33.4 Å². The van der Waals surface area contributed by atoms with Crippen molar-refractivity contribution in [2.75, 3.05) is 32.1 Å². The lowest BCUT2D eigenvalue weighted by Gasteiger charge is -2.33. The quantitative estimate of drug-likeness (QED) is 0.852. The van der Waals surface area contributed by atoms with Crippen molar-refractivity contribution in [2.24, 2.45) is 5.92 Å². The van der Waals surface area contributed by atoms with Crippen molar-refractivity contribution in [1.82, 2.24) is 9.88 Å². The summed E-state index contributed by atoms with van der Waals surface area (Å²) in [6.45, 7) is 1.36. The van der Waals surface area contributed by atoms with Gasteiger partial charge < -0.3 is 4.90 Å². The molecule has 6 heteroatoms. The van der Waals surface area contributed by atoms with Gasteiger partial charge in [0.15, 0.2) is 0 Å². The lowest BCUT2D eigenvalue weighted by molar-refractivity contribution is -0.187. The van der Waals surface area contributed by atoms with Crippen LogP contribution < -0.4 is 4.90 Å². The van der Waals surface area contributed by atoms with Gasteiger partial charge in [-0.15, -0.1) is 0 Å². The topological polar surface area (TPSA) is 19.4 Å². The first-order valence-electron chi connectivity index (χ1n) is 6.77. The third kappa shape index (κ3) is 3.85. The second-order valence-electron chi connectivity index (χ2n) is 5.53. The maximum atomic E-state index is 12.8. The Bertz CT molecular complexity index is 428. The summed E-state index contributed by atoms with van der Waals surface area (Å²) in [4.78, 5) is 8.05. The normalized spacial score (nSPS) is 20.9. The first kappa shape index (κ1) is 15.1. The van der Waals surface area contributed by atoms with Crippen molar-refractivity contribution in [3.63, 3.8) is 0 Å². The standard InChI is InChI=1S/C14H20F3N3/c1-19(2)13-6-5-11(8-18-13)9-20-7-3-4-12(10-20)14(15,16)17/h5-6,8,12H,3-4,7,9-10H2,1-2H3. The molecule has 1 aromatic rings. The molecule has 1 aliphatic rings. The van der Waals surface area contributed by atoms with Gasteiger partial charge in [-0.1, -0.05) is 6.07 Å². The molecule has 1 unspecified atom stereocenters. The van der Waals surface area contributed by atoms with Gasteiger partial charge in [-0.25, -0.2) is 4.98 Å². The van der Waals surface area contributed by atoms with Crippen molar-refractivity contribution >= 4 is 5.82 Å². The predicted molar refractivity (Wildman–Crippen MR) is 72.6 cm³/mol. The van der Waals surface area contributed by atoms with Crippen molar-refractivity contribution in [1.29, 1.82) is 0 Å². The Hall–Kier alpha value is -1.30. The first-order valence-corrected chi connectivity index (χ1v) is 6.77. The molecule has 1 aliphatic heterocycles. The predicted octanol–water partition coefficient (Wildman–Crippen LogP) is 2.92. The molecule has 3 nitrogen and oxygen atoms in total. The average Bonchev–Trinajstić information content (AvgIpc) is 2.38. The Labute approximate surface area is 117 Å². The highest BCUT2D eigenvalue weighted by Gasteiger charge is 2.41. The van der Waals surface area contributed by atoms with Gasteiger partial charge in [-0.3, -0.25) is 4.90 Å². The summed E-state index contributed by atoms with van der Waals surface area (Å²) in [5, 5.41) is 0. The minimum atomic E-state index is -4.08. The van der Waals surface area contributed by atoms with Crippen molar-refractivity contribution < 1.29 is 13.2 Å². The van der Waals surface area contributed by atoms with E-state index in [1.54, 1.807) is 6.20 Å². The molecule has 1 aromatic heterocycles. The Morgan fingerprint density at radius 3 is 2.65 bits per heavy atom. The number of hydrogen-bond donors (Lipinski definition) is 0. The molecule has 0 spiro atoms. The summed E-state index contributed by atoms with van der Waals surface area (Å²) >= 11 is 0. The van der Waals surface area contributed by atoms with Crippen LogP contribution in [0.2, 0.25) is 0 Å². The van der Waals surface area contributed by atoms with Gasteiger partial charge in [0.2, 0.25) is 0 Å². The monoisotopic (exact) mass is 287 g/mol. The Balaban J connectivity index is 1.96. The third-order valence-corrected chi connectivity index (χ3v) is 3.64. The van der Waals surface area contributed by atoms with Gasteiger partial charge >= 0.3 is 6.18 Å². The molecule has 0 radical (unpaired) electrons. The minimum Gasteiger partial charge on any atom is -0.363 e. The summed E-state index contributed by atoms with van der Waals surface area (Å²) in [5.74, 6) is -0.342. The number of rotatable bonds is 3. The maximum Gasteiger partial charge on any atom is 0.393 e. The van der Waals surface area contributed by atoms with E-state index >= 15 is 0 Å². The number of nitrogens with zero attached hydrogens (tertiary/aromatic N) is 3. The molecule has 1 fully saturated rings. The van der Waals surface area contributed by atoms with Crippen LogP contribution in [0.15, 0.2) is 18.3 Å². The highest BCUT2D eigenvalue weighted by atomic mass is 19.4. The van der Waals surface area contributed by atoms with Crippen LogP contribution in [0.5, 0.6) is 0 Å². The molecule has 20 heavy (non-hydrogen) atoms. The highest BCUT2D eigenvalue weighted by molar-refractivity contribution is 5.37. The first-order chi connectivity index (χ1) is 9.36. The van der Waals surface area contributed by atoms with E-state index in [1.165, 1.54) is 0 Å². The summed E-state index contributed by atoms with van der Waals surface area (Å²) < 4.78 is 38.3. The number of hydrogen-bond acceptors (Lipinski definition) is 3. The van der Waals surface area contributed by atoms with Crippen LogP contribution in [0, 0.1) is 5.92 Å². The maximum absolute atomic E-state index is 12.8. The number of likely N-dealkylation sites (tertiary alicyclic amines) is 1. The lowest BCUT2D eigenvalue weighted by atomic mass is 9.97. The molecular formula is C14H20F3N3. The molecule has 2 heterocycles. The fourth-order valence-corrected chi connectivity index (χ4v) is 2.50. The van der Waals surface area contributed by atoms with Gasteiger partial charge in [-0.05, 0) is 31.0 Å². The number of halogens is 3. The lowest BCUT2D eigenvalue weighted by Crippen LogP contribution is -2.41. The second-order valence-corrected chi connectivity index (χ2v) is 5.53. The zero-order valence-corrected chi connectivity index (χ0v) is 11.8. The highest BCUT2D eigenvalue weighted by Crippen LogP contribution is 2.33. The number of piperidine rings is 1. The molecule has 2 rings (SSSR count). The Morgan fingerprint density at radius 1 is 1.35 bits per heavy atom. The Morgan fingerprint density at radius 2 is 2.10 bits per heavy atom. The van der Waals surface area contributed by atoms with E-state index in [2.05, 4.69) is 4.98 Å². The molecule has 112 valence electrons. The third-order valence-electron chi connectivity index (χ3n) is 3.64. The summed E-state index contributed by atoms with van der Waals surface area (Å²) in [6, 6.07) is 3.82. The van der Waals surface area contributed by atoms with Crippen molar-refractivity contribution in [3.05, 3.63) is 23.9 Å². The largest absolute Gasteiger partial charge is 0.393 e.